The number of benzene rings is 1. The van der Waals surface area contributed by atoms with E-state index < -0.39 is 4.92 Å². The molecule has 1 aromatic carbocycles. The van der Waals surface area contributed by atoms with E-state index in [-0.39, 0.29) is 34.0 Å². The largest absolute Gasteiger partial charge is 0.359 e. The van der Waals surface area contributed by atoms with Crippen LogP contribution < -0.4 is 5.32 Å². The van der Waals surface area contributed by atoms with E-state index in [9.17, 15) is 19.7 Å². The first-order chi connectivity index (χ1) is 10.4. The van der Waals surface area contributed by atoms with Crippen LogP contribution in [0.3, 0.4) is 0 Å². The molecule has 0 atom stereocenters. The number of nitrogens with zero attached hydrogens (tertiary/aromatic N) is 2. The molecule has 1 aromatic rings. The molecule has 1 fully saturated rings. The minimum absolute atomic E-state index is 0.0135. The Hall–Kier alpha value is -2.15. The summed E-state index contributed by atoms with van der Waals surface area (Å²) in [4.78, 5) is 35.7. The number of nitrogens with one attached hydrogen (secondary N) is 1. The van der Waals surface area contributed by atoms with Crippen molar-refractivity contribution < 1.29 is 14.5 Å². The van der Waals surface area contributed by atoms with Gasteiger partial charge in [0.1, 0.15) is 0 Å². The molecule has 0 radical (unpaired) electrons. The van der Waals surface area contributed by atoms with Crippen molar-refractivity contribution in [3.63, 3.8) is 0 Å². The number of non-ortho nitro benzene ring substituents is 1. The third-order valence-corrected chi connectivity index (χ3v) is 4.11. The minimum Gasteiger partial charge on any atom is -0.359 e. The molecule has 0 aliphatic carbocycles. The second-order valence-electron chi connectivity index (χ2n) is 5.10. The van der Waals surface area contributed by atoms with Gasteiger partial charge < -0.3 is 10.2 Å². The highest BCUT2D eigenvalue weighted by Crippen LogP contribution is 2.25. The van der Waals surface area contributed by atoms with Crippen LogP contribution in [-0.2, 0) is 4.79 Å². The number of carbonyl (C=O) groups is 2. The van der Waals surface area contributed by atoms with Crippen molar-refractivity contribution in [2.45, 2.75) is 12.8 Å². The van der Waals surface area contributed by atoms with E-state index in [1.807, 2.05) is 0 Å². The summed E-state index contributed by atoms with van der Waals surface area (Å²) in [5, 5.41) is 13.3. The molecular formula is C14H16ClN3O4. The van der Waals surface area contributed by atoms with Gasteiger partial charge in [0.2, 0.25) is 5.91 Å². The molecule has 0 saturated carbocycles. The van der Waals surface area contributed by atoms with Crippen LogP contribution in [0.4, 0.5) is 5.69 Å². The fourth-order valence-corrected chi connectivity index (χ4v) is 2.77. The number of nitro benzene ring substituents is 1. The molecule has 7 nitrogen and oxygen atoms in total. The summed E-state index contributed by atoms with van der Waals surface area (Å²) in [7, 11) is 1.59. The van der Waals surface area contributed by atoms with E-state index in [1.54, 1.807) is 11.9 Å². The van der Waals surface area contributed by atoms with Crippen LogP contribution in [0.25, 0.3) is 0 Å². The first kappa shape index (κ1) is 16.2. The molecule has 1 saturated heterocycles. The fourth-order valence-electron chi connectivity index (χ4n) is 2.51. The summed E-state index contributed by atoms with van der Waals surface area (Å²) in [5.74, 6) is -0.364. The Kier molecular flexibility index (Phi) is 4.97. The maximum absolute atomic E-state index is 12.4. The molecule has 22 heavy (non-hydrogen) atoms. The predicted molar refractivity (Wildman–Crippen MR) is 80.8 cm³/mol. The van der Waals surface area contributed by atoms with Crippen molar-refractivity contribution in [1.82, 2.24) is 10.2 Å². The molecule has 1 heterocycles. The number of amides is 2. The average Bonchev–Trinajstić information content (AvgIpc) is 2.53. The molecule has 0 aromatic heterocycles. The van der Waals surface area contributed by atoms with Crippen LogP contribution in [-0.4, -0.2) is 41.8 Å². The van der Waals surface area contributed by atoms with E-state index in [1.165, 1.54) is 18.2 Å². The Balaban J connectivity index is 2.07. The van der Waals surface area contributed by atoms with Crippen molar-refractivity contribution in [1.29, 1.82) is 0 Å². The molecule has 1 aliphatic heterocycles. The van der Waals surface area contributed by atoms with Crippen LogP contribution in [0.2, 0.25) is 5.02 Å². The lowest BCUT2D eigenvalue weighted by molar-refractivity contribution is -0.384. The monoisotopic (exact) mass is 325 g/mol. The van der Waals surface area contributed by atoms with Gasteiger partial charge in [-0.2, -0.15) is 0 Å². The number of hydrogen-bond acceptors (Lipinski definition) is 4. The molecule has 0 bridgehead atoms. The standard InChI is InChI=1S/C14H16ClN3O4/c1-16-13(19)9-4-6-17(7-5-9)14(20)11-3-2-10(18(21)22)8-12(11)15/h2-3,8-9H,4-7H2,1H3,(H,16,19). The van der Waals surface area contributed by atoms with Gasteiger partial charge in [0.25, 0.3) is 11.6 Å². The second kappa shape index (κ2) is 6.74. The Labute approximate surface area is 132 Å². The normalized spacial score (nSPS) is 15.5. The second-order valence-corrected chi connectivity index (χ2v) is 5.51. The topological polar surface area (TPSA) is 92.6 Å². The third kappa shape index (κ3) is 3.36. The van der Waals surface area contributed by atoms with Gasteiger partial charge in [0.05, 0.1) is 15.5 Å². The van der Waals surface area contributed by atoms with E-state index >= 15 is 0 Å². The molecule has 118 valence electrons. The van der Waals surface area contributed by atoms with Crippen LogP contribution in [0.5, 0.6) is 0 Å². The molecule has 1 N–H and O–H groups in total. The lowest BCUT2D eigenvalue weighted by Gasteiger charge is -2.31. The number of nitro groups is 1. The summed E-state index contributed by atoms with van der Waals surface area (Å²) in [6, 6.07) is 3.80. The van der Waals surface area contributed by atoms with Gasteiger partial charge in [-0.1, -0.05) is 11.6 Å². The average molecular weight is 326 g/mol. The van der Waals surface area contributed by atoms with Crippen LogP contribution >= 0.6 is 11.6 Å². The number of halogens is 1. The maximum atomic E-state index is 12.4. The van der Waals surface area contributed by atoms with E-state index in [2.05, 4.69) is 5.32 Å². The Morgan fingerprint density at radius 2 is 2.00 bits per heavy atom. The van der Waals surface area contributed by atoms with Gasteiger partial charge >= 0.3 is 0 Å². The molecule has 2 rings (SSSR count). The summed E-state index contributed by atoms with van der Waals surface area (Å²) < 4.78 is 0. The first-order valence-corrected chi connectivity index (χ1v) is 7.26. The third-order valence-electron chi connectivity index (χ3n) is 3.79. The zero-order valence-corrected chi connectivity index (χ0v) is 12.8. The van der Waals surface area contributed by atoms with Crippen molar-refractivity contribution in [2.75, 3.05) is 20.1 Å². The van der Waals surface area contributed by atoms with E-state index in [0.29, 0.717) is 25.9 Å². The zero-order chi connectivity index (χ0) is 16.3. The summed E-state index contributed by atoms with van der Waals surface area (Å²) >= 11 is 5.97. The van der Waals surface area contributed by atoms with Gasteiger partial charge in [-0.3, -0.25) is 19.7 Å². The number of likely N-dealkylation sites (tertiary alicyclic amines) is 1. The minimum atomic E-state index is -0.561. The molecule has 1 aliphatic rings. The van der Waals surface area contributed by atoms with Gasteiger partial charge in [-0.05, 0) is 18.9 Å². The van der Waals surface area contributed by atoms with Gasteiger partial charge in [-0.25, -0.2) is 0 Å². The fraction of sp³-hybridized carbons (Fsp3) is 0.429. The quantitative estimate of drug-likeness (QED) is 0.678. The maximum Gasteiger partial charge on any atom is 0.270 e. The molecule has 8 heteroatoms. The van der Waals surface area contributed by atoms with Crippen molar-refractivity contribution in [2.24, 2.45) is 5.92 Å². The number of piperidine rings is 1. The molecule has 0 spiro atoms. The molecule has 0 unspecified atom stereocenters. The van der Waals surface area contributed by atoms with Crippen molar-refractivity contribution in [3.8, 4) is 0 Å². The highest BCUT2D eigenvalue weighted by molar-refractivity contribution is 6.34. The highest BCUT2D eigenvalue weighted by atomic mass is 35.5. The van der Waals surface area contributed by atoms with Crippen LogP contribution in [0.15, 0.2) is 18.2 Å². The van der Waals surface area contributed by atoms with E-state index in [0.717, 1.165) is 0 Å². The van der Waals surface area contributed by atoms with Crippen molar-refractivity contribution in [3.05, 3.63) is 38.9 Å². The number of carbonyl (C=O) groups excluding carboxylic acids is 2. The highest BCUT2D eigenvalue weighted by Gasteiger charge is 2.28. The summed E-state index contributed by atoms with van der Waals surface area (Å²) in [6.45, 7) is 0.925. The Morgan fingerprint density at radius 1 is 1.36 bits per heavy atom. The van der Waals surface area contributed by atoms with Gasteiger partial charge in [-0.15, -0.1) is 0 Å². The number of hydrogen-bond donors (Lipinski definition) is 1. The molecule has 2 amide bonds. The first-order valence-electron chi connectivity index (χ1n) is 6.89. The summed E-state index contributed by atoms with van der Waals surface area (Å²) in [5.41, 5.74) is 0.0885. The smallest absolute Gasteiger partial charge is 0.270 e. The van der Waals surface area contributed by atoms with Crippen molar-refractivity contribution >= 4 is 29.1 Å². The lowest BCUT2D eigenvalue weighted by atomic mass is 9.95. The zero-order valence-electron chi connectivity index (χ0n) is 12.0. The predicted octanol–water partition coefficient (Wildman–Crippen LogP) is 1.85. The lowest BCUT2D eigenvalue weighted by Crippen LogP contribution is -2.42. The van der Waals surface area contributed by atoms with Gasteiger partial charge in [0, 0.05) is 38.2 Å². The van der Waals surface area contributed by atoms with Crippen LogP contribution in [0, 0.1) is 16.0 Å². The Bertz CT molecular complexity index is 612. The van der Waals surface area contributed by atoms with Gasteiger partial charge in [0.15, 0.2) is 0 Å². The summed E-state index contributed by atoms with van der Waals surface area (Å²) in [6.07, 6.45) is 1.19. The van der Waals surface area contributed by atoms with Crippen LogP contribution in [0.1, 0.15) is 23.2 Å². The Morgan fingerprint density at radius 3 is 2.50 bits per heavy atom. The number of rotatable bonds is 3. The SMILES string of the molecule is CNC(=O)C1CCN(C(=O)c2ccc([N+](=O)[O-])cc2Cl)CC1. The van der Waals surface area contributed by atoms with E-state index in [4.69, 9.17) is 11.6 Å². The molecular weight excluding hydrogens is 310 g/mol.